The van der Waals surface area contributed by atoms with Crippen LogP contribution in [0.5, 0.6) is 17.2 Å². The molecule has 130 valence electrons. The van der Waals surface area contributed by atoms with E-state index in [1.54, 1.807) is 32.2 Å². The summed E-state index contributed by atoms with van der Waals surface area (Å²) in [6.07, 6.45) is 4.61. The number of aromatic amines is 1. The van der Waals surface area contributed by atoms with Crippen LogP contribution in [0.2, 0.25) is 0 Å². The molecule has 0 atom stereocenters. The third kappa shape index (κ3) is 3.94. The van der Waals surface area contributed by atoms with Gasteiger partial charge in [0.25, 0.3) is 0 Å². The molecular weight excluding hydrogens is 328 g/mol. The number of nitrogens with zero attached hydrogens (tertiary/aromatic N) is 3. The highest BCUT2D eigenvalue weighted by Gasteiger charge is 2.12. The summed E-state index contributed by atoms with van der Waals surface area (Å²) in [6.45, 7) is 2.13. The van der Waals surface area contributed by atoms with Crippen molar-refractivity contribution in [1.82, 2.24) is 14.9 Å². The van der Waals surface area contributed by atoms with Crippen LogP contribution in [0.1, 0.15) is 31.2 Å². The number of rotatable bonds is 8. The molecule has 0 unspecified atom stereocenters. The largest absolute Gasteiger partial charge is 0.493 e. The minimum atomic E-state index is 0.463. The smallest absolute Gasteiger partial charge is 0.216 e. The Morgan fingerprint density at radius 1 is 1.21 bits per heavy atom. The van der Waals surface area contributed by atoms with Crippen LogP contribution < -0.4 is 14.2 Å². The monoisotopic (exact) mass is 350 g/mol. The molecule has 1 aromatic heterocycles. The van der Waals surface area contributed by atoms with Gasteiger partial charge in [0.15, 0.2) is 17.3 Å². The van der Waals surface area contributed by atoms with Gasteiger partial charge in [-0.05, 0) is 30.8 Å². The van der Waals surface area contributed by atoms with E-state index in [9.17, 15) is 0 Å². The van der Waals surface area contributed by atoms with Crippen LogP contribution in [0.3, 0.4) is 0 Å². The van der Waals surface area contributed by atoms with E-state index in [1.807, 2.05) is 12.1 Å². The minimum absolute atomic E-state index is 0.463. The number of hydrogen-bond acceptors (Lipinski definition) is 6. The average Bonchev–Trinajstić information content (AvgIpc) is 2.96. The van der Waals surface area contributed by atoms with E-state index in [1.165, 1.54) is 0 Å². The van der Waals surface area contributed by atoms with Crippen molar-refractivity contribution >= 4 is 18.4 Å². The Morgan fingerprint density at radius 3 is 2.42 bits per heavy atom. The molecule has 1 aromatic carbocycles. The van der Waals surface area contributed by atoms with Crippen LogP contribution in [0.15, 0.2) is 17.2 Å². The van der Waals surface area contributed by atoms with Crippen molar-refractivity contribution in [2.75, 3.05) is 21.3 Å². The molecule has 0 aliphatic carbocycles. The summed E-state index contributed by atoms with van der Waals surface area (Å²) < 4.78 is 18.1. The Morgan fingerprint density at radius 2 is 1.88 bits per heavy atom. The highest BCUT2D eigenvalue weighted by atomic mass is 32.1. The Hall–Kier alpha value is -2.35. The van der Waals surface area contributed by atoms with Crippen LogP contribution >= 0.6 is 12.2 Å². The lowest BCUT2D eigenvalue weighted by Gasteiger charge is -2.12. The fourth-order valence-electron chi connectivity index (χ4n) is 2.24. The topological polar surface area (TPSA) is 73.7 Å². The molecule has 1 heterocycles. The first-order chi connectivity index (χ1) is 11.6. The number of unbranched alkanes of at least 4 members (excludes halogenated alkanes) is 1. The van der Waals surface area contributed by atoms with E-state index in [4.69, 9.17) is 26.4 Å². The number of hydrogen-bond donors (Lipinski definition) is 1. The quantitative estimate of drug-likeness (QED) is 0.585. The molecule has 1 N–H and O–H groups in total. The zero-order valence-electron chi connectivity index (χ0n) is 14.3. The van der Waals surface area contributed by atoms with Crippen molar-refractivity contribution in [2.24, 2.45) is 5.10 Å². The number of methoxy groups -OCH3 is 3. The molecule has 0 saturated carbocycles. The van der Waals surface area contributed by atoms with Gasteiger partial charge in [0, 0.05) is 12.0 Å². The highest BCUT2D eigenvalue weighted by Crippen LogP contribution is 2.37. The molecular formula is C16H22N4O3S. The van der Waals surface area contributed by atoms with Crippen molar-refractivity contribution in [3.8, 4) is 17.2 Å². The average molecular weight is 350 g/mol. The Balaban J connectivity index is 2.36. The number of aromatic nitrogens is 3. The Labute approximate surface area is 146 Å². The number of benzene rings is 1. The lowest BCUT2D eigenvalue weighted by atomic mass is 10.2. The van der Waals surface area contributed by atoms with Gasteiger partial charge in [-0.2, -0.15) is 14.9 Å². The third-order valence-corrected chi connectivity index (χ3v) is 3.74. The molecule has 0 aliphatic rings. The summed E-state index contributed by atoms with van der Waals surface area (Å²) in [5.74, 6) is 2.49. The molecule has 0 bridgehead atoms. The molecule has 0 spiro atoms. The van der Waals surface area contributed by atoms with Crippen molar-refractivity contribution < 1.29 is 14.2 Å². The summed E-state index contributed by atoms with van der Waals surface area (Å²) >= 11 is 5.24. The Bertz CT molecular complexity index is 742. The van der Waals surface area contributed by atoms with Crippen molar-refractivity contribution in [3.63, 3.8) is 0 Å². The van der Waals surface area contributed by atoms with Gasteiger partial charge in [-0.1, -0.05) is 13.3 Å². The molecule has 2 rings (SSSR count). The molecule has 24 heavy (non-hydrogen) atoms. The zero-order valence-corrected chi connectivity index (χ0v) is 15.1. The van der Waals surface area contributed by atoms with Crippen molar-refractivity contribution in [2.45, 2.75) is 26.2 Å². The van der Waals surface area contributed by atoms with E-state index < -0.39 is 0 Å². The van der Waals surface area contributed by atoms with Crippen molar-refractivity contribution in [3.05, 3.63) is 28.3 Å². The number of aryl methyl sites for hydroxylation is 1. The van der Waals surface area contributed by atoms with Gasteiger partial charge in [-0.15, -0.1) is 0 Å². The van der Waals surface area contributed by atoms with Crippen LogP contribution in [-0.4, -0.2) is 42.4 Å². The zero-order chi connectivity index (χ0) is 17.5. The number of ether oxygens (including phenoxy) is 3. The standard InChI is InChI=1S/C16H22N4O3S/c1-5-6-7-14-18-19-16(24)20(14)17-10-11-8-12(21-2)15(23-4)13(9-11)22-3/h8-10H,5-7H2,1-4H3,(H,19,24)/b17-10+. The summed E-state index contributed by atoms with van der Waals surface area (Å²) in [6, 6.07) is 3.64. The van der Waals surface area contributed by atoms with E-state index >= 15 is 0 Å². The first-order valence-electron chi connectivity index (χ1n) is 7.65. The van der Waals surface area contributed by atoms with Gasteiger partial charge in [0.1, 0.15) is 0 Å². The van der Waals surface area contributed by atoms with Crippen LogP contribution in [0, 0.1) is 4.77 Å². The maximum Gasteiger partial charge on any atom is 0.216 e. The molecule has 0 amide bonds. The van der Waals surface area contributed by atoms with Gasteiger partial charge >= 0.3 is 0 Å². The normalized spacial score (nSPS) is 11.0. The minimum Gasteiger partial charge on any atom is -0.493 e. The van der Waals surface area contributed by atoms with Crippen LogP contribution in [0.4, 0.5) is 0 Å². The first-order valence-corrected chi connectivity index (χ1v) is 8.06. The number of H-pyrrole nitrogens is 1. The maximum atomic E-state index is 5.34. The Kier molecular flexibility index (Phi) is 6.36. The molecule has 0 fully saturated rings. The lowest BCUT2D eigenvalue weighted by molar-refractivity contribution is 0.324. The van der Waals surface area contributed by atoms with Crippen LogP contribution in [-0.2, 0) is 6.42 Å². The van der Waals surface area contributed by atoms with Gasteiger partial charge < -0.3 is 14.2 Å². The molecule has 0 aliphatic heterocycles. The van der Waals surface area contributed by atoms with Crippen molar-refractivity contribution in [1.29, 1.82) is 0 Å². The highest BCUT2D eigenvalue weighted by molar-refractivity contribution is 7.71. The SMILES string of the molecule is CCCCc1n[nH]c(=S)n1/N=C/c1cc(OC)c(OC)c(OC)c1. The molecule has 0 saturated heterocycles. The molecule has 0 radical (unpaired) electrons. The van der Waals surface area contributed by atoms with E-state index in [0.29, 0.717) is 22.0 Å². The molecule has 8 heteroatoms. The van der Waals surface area contributed by atoms with Gasteiger partial charge in [0.2, 0.25) is 10.5 Å². The fourth-order valence-corrected chi connectivity index (χ4v) is 2.44. The predicted molar refractivity (Wildman–Crippen MR) is 95.1 cm³/mol. The van der Waals surface area contributed by atoms with E-state index in [0.717, 1.165) is 30.7 Å². The van der Waals surface area contributed by atoms with Gasteiger partial charge in [0.05, 0.1) is 27.5 Å². The van der Waals surface area contributed by atoms with E-state index in [-0.39, 0.29) is 0 Å². The fraction of sp³-hybridized carbons (Fsp3) is 0.438. The lowest BCUT2D eigenvalue weighted by Crippen LogP contribution is -2.00. The second kappa shape index (κ2) is 8.49. The van der Waals surface area contributed by atoms with Crippen LogP contribution in [0.25, 0.3) is 0 Å². The second-order valence-corrected chi connectivity index (χ2v) is 5.45. The summed E-state index contributed by atoms with van der Waals surface area (Å²) in [5, 5.41) is 11.4. The first kappa shape index (κ1) is 18.0. The summed E-state index contributed by atoms with van der Waals surface area (Å²) in [7, 11) is 4.72. The van der Waals surface area contributed by atoms with Gasteiger partial charge in [-0.25, -0.2) is 0 Å². The van der Waals surface area contributed by atoms with E-state index in [2.05, 4.69) is 22.2 Å². The summed E-state index contributed by atoms with van der Waals surface area (Å²) in [4.78, 5) is 0. The number of nitrogens with one attached hydrogen (secondary N) is 1. The summed E-state index contributed by atoms with van der Waals surface area (Å²) in [5.41, 5.74) is 0.800. The van der Waals surface area contributed by atoms with Gasteiger partial charge in [-0.3, -0.25) is 5.10 Å². The molecule has 2 aromatic rings. The predicted octanol–water partition coefficient (Wildman–Crippen LogP) is 3.19. The second-order valence-electron chi connectivity index (χ2n) is 5.06. The maximum absolute atomic E-state index is 5.34. The third-order valence-electron chi connectivity index (χ3n) is 3.48. The molecule has 7 nitrogen and oxygen atoms in total.